The number of carbonyl (C=O) groups is 1. The number of benzene rings is 2. The van der Waals surface area contributed by atoms with Crippen LogP contribution in [0.3, 0.4) is 0 Å². The first-order chi connectivity index (χ1) is 15.0. The predicted octanol–water partition coefficient (Wildman–Crippen LogP) is 5.49. The van der Waals surface area contributed by atoms with E-state index in [0.29, 0.717) is 22.5 Å². The third-order valence-electron chi connectivity index (χ3n) is 4.90. The molecule has 0 aliphatic rings. The summed E-state index contributed by atoms with van der Waals surface area (Å²) < 4.78 is 7.76. The number of rotatable bonds is 6. The fourth-order valence-corrected chi connectivity index (χ4v) is 4.41. The van der Waals surface area contributed by atoms with Crippen LogP contribution in [0.2, 0.25) is 0 Å². The number of halogens is 1. The van der Waals surface area contributed by atoms with E-state index in [4.69, 9.17) is 4.74 Å². The highest BCUT2D eigenvalue weighted by Gasteiger charge is 2.20. The van der Waals surface area contributed by atoms with Crippen LogP contribution in [0.15, 0.2) is 69.5 Å². The lowest BCUT2D eigenvalue weighted by atomic mass is 10.1. The van der Waals surface area contributed by atoms with Crippen molar-refractivity contribution < 1.29 is 9.53 Å². The van der Waals surface area contributed by atoms with Crippen molar-refractivity contribution >= 4 is 49.1 Å². The maximum absolute atomic E-state index is 13.3. The smallest absolute Gasteiger partial charge is 0.263 e. The molecule has 0 saturated heterocycles. The number of hydrogen-bond acceptors (Lipinski definition) is 5. The van der Waals surface area contributed by atoms with Crippen molar-refractivity contribution in [2.75, 3.05) is 11.9 Å². The monoisotopic (exact) mass is 497 g/mol. The molecule has 1 atom stereocenters. The second-order valence-corrected chi connectivity index (χ2v) is 8.69. The van der Waals surface area contributed by atoms with Crippen LogP contribution in [0.5, 0.6) is 5.75 Å². The van der Waals surface area contributed by atoms with E-state index in [2.05, 4.69) is 26.2 Å². The molecule has 0 radical (unpaired) electrons. The Balaban J connectivity index is 1.63. The number of fused-ring (bicyclic) bond motifs is 1. The molecule has 1 amide bonds. The quantitative estimate of drug-likeness (QED) is 0.382. The van der Waals surface area contributed by atoms with E-state index in [1.54, 1.807) is 31.2 Å². The number of nitrogens with zero attached hydrogens (tertiary/aromatic N) is 2. The van der Waals surface area contributed by atoms with Gasteiger partial charge < -0.3 is 10.1 Å². The van der Waals surface area contributed by atoms with Crippen LogP contribution < -0.4 is 15.6 Å². The van der Waals surface area contributed by atoms with Gasteiger partial charge in [0.1, 0.15) is 16.6 Å². The molecule has 2 aromatic heterocycles. The molecule has 0 saturated carbocycles. The Morgan fingerprint density at radius 1 is 1.19 bits per heavy atom. The van der Waals surface area contributed by atoms with Gasteiger partial charge in [0.15, 0.2) is 0 Å². The summed E-state index contributed by atoms with van der Waals surface area (Å²) in [6, 6.07) is 14.2. The van der Waals surface area contributed by atoms with Gasteiger partial charge in [-0.25, -0.2) is 4.98 Å². The Bertz CT molecular complexity index is 1280. The molecule has 2 aromatic carbocycles. The number of aromatic nitrogens is 2. The fraction of sp³-hybridized carbons (Fsp3) is 0.174. The van der Waals surface area contributed by atoms with Crippen molar-refractivity contribution in [3.05, 3.63) is 75.1 Å². The molecular formula is C23H20BrN3O3S. The molecule has 8 heteroatoms. The molecule has 0 aliphatic heterocycles. The average Bonchev–Trinajstić information content (AvgIpc) is 3.21. The molecule has 0 fully saturated rings. The number of amides is 1. The van der Waals surface area contributed by atoms with Crippen molar-refractivity contribution in [3.63, 3.8) is 0 Å². The Morgan fingerprint density at radius 3 is 2.58 bits per heavy atom. The minimum absolute atomic E-state index is 0.237. The van der Waals surface area contributed by atoms with Gasteiger partial charge in [0.2, 0.25) is 5.91 Å². The third-order valence-corrected chi connectivity index (χ3v) is 6.32. The summed E-state index contributed by atoms with van der Waals surface area (Å²) in [6.45, 7) is 4.17. The molecular weight excluding hydrogens is 478 g/mol. The molecule has 4 rings (SSSR count). The van der Waals surface area contributed by atoms with Crippen LogP contribution in [0.25, 0.3) is 21.3 Å². The normalized spacial score (nSPS) is 12.0. The number of thiophene rings is 1. The summed E-state index contributed by atoms with van der Waals surface area (Å²) in [5.74, 6) is 0.435. The Kier molecular flexibility index (Phi) is 6.20. The Morgan fingerprint density at radius 2 is 1.90 bits per heavy atom. The number of hydrogen-bond donors (Lipinski definition) is 1. The zero-order valence-corrected chi connectivity index (χ0v) is 19.4. The topological polar surface area (TPSA) is 73.2 Å². The summed E-state index contributed by atoms with van der Waals surface area (Å²) in [6.07, 6.45) is 1.44. The van der Waals surface area contributed by atoms with Gasteiger partial charge in [0.05, 0.1) is 18.3 Å². The second-order valence-electron chi connectivity index (χ2n) is 6.92. The highest BCUT2D eigenvalue weighted by atomic mass is 79.9. The molecule has 158 valence electrons. The zero-order valence-electron chi connectivity index (χ0n) is 17.0. The summed E-state index contributed by atoms with van der Waals surface area (Å²) in [4.78, 5) is 31.2. The summed E-state index contributed by atoms with van der Waals surface area (Å²) in [5, 5.41) is 5.30. The van der Waals surface area contributed by atoms with Crippen molar-refractivity contribution in [1.82, 2.24) is 9.55 Å². The molecule has 0 spiro atoms. The van der Waals surface area contributed by atoms with E-state index in [9.17, 15) is 9.59 Å². The van der Waals surface area contributed by atoms with Crippen molar-refractivity contribution in [1.29, 1.82) is 0 Å². The summed E-state index contributed by atoms with van der Waals surface area (Å²) in [5.41, 5.74) is 2.14. The van der Waals surface area contributed by atoms with E-state index in [1.807, 2.05) is 36.6 Å². The fourth-order valence-electron chi connectivity index (χ4n) is 3.24. The average molecular weight is 498 g/mol. The van der Waals surface area contributed by atoms with Crippen LogP contribution in [-0.2, 0) is 4.79 Å². The van der Waals surface area contributed by atoms with E-state index in [0.717, 1.165) is 21.3 Å². The number of anilines is 1. The van der Waals surface area contributed by atoms with Crippen LogP contribution in [0, 0.1) is 0 Å². The SMILES string of the molecule is CCOc1ccc(NC(=O)C(C)n2cnc3scc(-c4ccc(Br)cc4)c3c2=O)cc1. The van der Waals surface area contributed by atoms with Gasteiger partial charge in [-0.05, 0) is 55.8 Å². The van der Waals surface area contributed by atoms with Gasteiger partial charge in [-0.1, -0.05) is 28.1 Å². The highest BCUT2D eigenvalue weighted by Crippen LogP contribution is 2.31. The lowest BCUT2D eigenvalue weighted by Crippen LogP contribution is -2.31. The maximum atomic E-state index is 13.3. The maximum Gasteiger partial charge on any atom is 0.263 e. The van der Waals surface area contributed by atoms with Crippen LogP contribution in [0.1, 0.15) is 19.9 Å². The molecule has 6 nitrogen and oxygen atoms in total. The van der Waals surface area contributed by atoms with Gasteiger partial charge in [-0.3, -0.25) is 14.2 Å². The van der Waals surface area contributed by atoms with Gasteiger partial charge in [-0.15, -0.1) is 11.3 Å². The summed E-state index contributed by atoms with van der Waals surface area (Å²) in [7, 11) is 0. The summed E-state index contributed by atoms with van der Waals surface area (Å²) >= 11 is 4.85. The Labute approximate surface area is 191 Å². The molecule has 1 unspecified atom stereocenters. The van der Waals surface area contributed by atoms with Crippen molar-refractivity contribution in [2.45, 2.75) is 19.9 Å². The van der Waals surface area contributed by atoms with E-state index < -0.39 is 6.04 Å². The zero-order chi connectivity index (χ0) is 22.0. The minimum atomic E-state index is -0.728. The van der Waals surface area contributed by atoms with Crippen molar-refractivity contribution in [2.24, 2.45) is 0 Å². The van der Waals surface area contributed by atoms with E-state index in [1.165, 1.54) is 22.2 Å². The lowest BCUT2D eigenvalue weighted by Gasteiger charge is -2.15. The third kappa shape index (κ3) is 4.40. The number of carbonyl (C=O) groups excluding carboxylic acids is 1. The lowest BCUT2D eigenvalue weighted by molar-refractivity contribution is -0.118. The number of ether oxygens (including phenoxy) is 1. The molecule has 0 bridgehead atoms. The number of nitrogens with one attached hydrogen (secondary N) is 1. The molecule has 31 heavy (non-hydrogen) atoms. The molecule has 0 aliphatic carbocycles. The molecule has 4 aromatic rings. The Hall–Kier alpha value is -2.97. The largest absolute Gasteiger partial charge is 0.494 e. The molecule has 2 heterocycles. The van der Waals surface area contributed by atoms with E-state index >= 15 is 0 Å². The van der Waals surface area contributed by atoms with Gasteiger partial charge in [0.25, 0.3) is 5.56 Å². The van der Waals surface area contributed by atoms with E-state index in [-0.39, 0.29) is 11.5 Å². The van der Waals surface area contributed by atoms with Crippen LogP contribution >= 0.6 is 27.3 Å². The van der Waals surface area contributed by atoms with Gasteiger partial charge >= 0.3 is 0 Å². The van der Waals surface area contributed by atoms with Gasteiger partial charge in [-0.2, -0.15) is 0 Å². The second kappa shape index (κ2) is 9.03. The first-order valence-corrected chi connectivity index (χ1v) is 11.4. The first kappa shape index (κ1) is 21.3. The van der Waals surface area contributed by atoms with Crippen molar-refractivity contribution in [3.8, 4) is 16.9 Å². The van der Waals surface area contributed by atoms with Crippen LogP contribution in [0.4, 0.5) is 5.69 Å². The standard InChI is InChI=1S/C23H20BrN3O3S/c1-3-30-18-10-8-17(9-11-18)26-21(28)14(2)27-13-25-22-20(23(27)29)19(12-31-22)15-4-6-16(24)7-5-15/h4-14H,3H2,1-2H3,(H,26,28). The highest BCUT2D eigenvalue weighted by molar-refractivity contribution is 9.10. The van der Waals surface area contributed by atoms with Crippen LogP contribution in [-0.4, -0.2) is 22.1 Å². The predicted molar refractivity (Wildman–Crippen MR) is 128 cm³/mol. The minimum Gasteiger partial charge on any atom is -0.494 e. The first-order valence-electron chi connectivity index (χ1n) is 9.76. The van der Waals surface area contributed by atoms with Gasteiger partial charge in [0, 0.05) is 21.1 Å². The molecule has 1 N–H and O–H groups in total.